The minimum atomic E-state index is -3.29. The first-order valence-electron chi connectivity index (χ1n) is 2.79. The largest absolute Gasteiger partial charge is 0.305 e. The summed E-state index contributed by atoms with van der Waals surface area (Å²) in [7, 11) is 0. The Bertz CT molecular complexity index is 143. The van der Waals surface area contributed by atoms with Gasteiger partial charge in [0.15, 0.2) is 6.49 Å². The molecule has 0 heterocycles. The van der Waals surface area contributed by atoms with Gasteiger partial charge < -0.3 is 4.57 Å². The molecule has 44 valence electrons. The van der Waals surface area contributed by atoms with Crippen molar-refractivity contribution in [2.75, 3.05) is 11.7 Å². The zero-order chi connectivity index (χ0) is 7.71. The number of halogens is 2. The highest BCUT2D eigenvalue weighted by molar-refractivity contribution is 7.90. The number of alkyl halides is 1. The van der Waals surface area contributed by atoms with E-state index in [9.17, 15) is 4.57 Å². The van der Waals surface area contributed by atoms with E-state index in [1.807, 2.05) is 0 Å². The molecule has 0 saturated carbocycles. The fourth-order valence-electron chi connectivity index (χ4n) is 0.0598. The van der Waals surface area contributed by atoms with E-state index >= 15 is 0 Å². The highest BCUT2D eigenvalue weighted by Crippen LogP contribution is 2.51. The summed E-state index contributed by atoms with van der Waals surface area (Å²) in [5.74, 6) is 0. The van der Waals surface area contributed by atoms with Crippen molar-refractivity contribution in [2.45, 2.75) is 6.92 Å². The van der Waals surface area contributed by atoms with Crippen molar-refractivity contribution >= 4 is 29.3 Å². The Labute approximate surface area is 56.0 Å². The van der Waals surface area contributed by atoms with Crippen LogP contribution in [0, 0.1) is 0 Å². The van der Waals surface area contributed by atoms with Crippen molar-refractivity contribution in [2.24, 2.45) is 0 Å². The van der Waals surface area contributed by atoms with Gasteiger partial charge in [-0.25, -0.2) is 0 Å². The average Bonchev–Trinajstić information content (AvgIpc) is 1.64. The van der Waals surface area contributed by atoms with E-state index in [4.69, 9.17) is 25.6 Å². The number of hydrogen-bond donors (Lipinski definition) is 0. The summed E-state index contributed by atoms with van der Waals surface area (Å²) in [5.41, 5.74) is -2.26. The van der Waals surface area contributed by atoms with Gasteiger partial charge in [0.2, 0.25) is 0 Å². The van der Waals surface area contributed by atoms with Gasteiger partial charge in [0.05, 0.1) is 8.31 Å². The summed E-state index contributed by atoms with van der Waals surface area (Å²) < 4.78 is 24.4. The Morgan fingerprint density at radius 3 is 2.43 bits per heavy atom. The normalized spacial score (nSPS) is 25.0. The molecule has 1 unspecified atom stereocenters. The molecule has 1 atom stereocenters. The fourth-order valence-corrected chi connectivity index (χ4v) is 0.538. The van der Waals surface area contributed by atoms with Crippen molar-refractivity contribution in [1.82, 2.24) is 0 Å². The summed E-state index contributed by atoms with van der Waals surface area (Å²) in [6, 6.07) is 0. The molecule has 0 saturated heterocycles. The fraction of sp³-hybridized carbons (Fsp3) is 1.00. The summed E-state index contributed by atoms with van der Waals surface area (Å²) in [6.45, 7) is -1.75. The molecule has 0 amide bonds. The summed E-state index contributed by atoms with van der Waals surface area (Å²) >= 11 is 10.3. The maximum Gasteiger partial charge on any atom is 0.183 e. The standard InChI is InChI=1S/C3H7Cl2OP/c1-2-7(5,6)3-4/h2-3H2,1H3/i3D2. The highest BCUT2D eigenvalue weighted by Gasteiger charge is 2.11. The first kappa shape index (κ1) is 4.67. The molecule has 0 aromatic heterocycles. The molecular formula is C3H7Cl2OP. The van der Waals surface area contributed by atoms with Crippen LogP contribution in [0.5, 0.6) is 0 Å². The minimum absolute atomic E-state index is 0.0745. The van der Waals surface area contributed by atoms with Crippen LogP contribution < -0.4 is 0 Å². The molecule has 0 spiro atoms. The van der Waals surface area contributed by atoms with Gasteiger partial charge in [-0.1, -0.05) is 18.2 Å². The van der Waals surface area contributed by atoms with E-state index in [1.54, 1.807) is 0 Å². The van der Waals surface area contributed by atoms with E-state index in [1.165, 1.54) is 6.92 Å². The zero-order valence-corrected chi connectivity index (χ0v) is 6.22. The molecule has 0 rings (SSSR count). The SMILES string of the molecule is [2H]C([2H])(Cl)P(=O)(Cl)CC. The maximum atomic E-state index is 10.9. The van der Waals surface area contributed by atoms with Crippen LogP contribution in [0.25, 0.3) is 0 Å². The molecule has 0 aliphatic heterocycles. The number of rotatable bonds is 2. The smallest absolute Gasteiger partial charge is 0.183 e. The molecule has 0 fully saturated rings. The molecule has 1 nitrogen and oxygen atoms in total. The summed E-state index contributed by atoms with van der Waals surface area (Å²) in [4.78, 5) is 0. The quantitative estimate of drug-likeness (QED) is 0.451. The maximum absolute atomic E-state index is 10.9. The molecule has 0 radical (unpaired) electrons. The van der Waals surface area contributed by atoms with Gasteiger partial charge in [0.25, 0.3) is 0 Å². The Kier molecular flexibility index (Phi) is 1.97. The second-order valence-corrected chi connectivity index (χ2v) is 5.30. The van der Waals surface area contributed by atoms with Crippen LogP contribution in [0.15, 0.2) is 0 Å². The molecule has 7 heavy (non-hydrogen) atoms. The molecule has 0 N–H and O–H groups in total. The van der Waals surface area contributed by atoms with Crippen molar-refractivity contribution in [1.29, 1.82) is 0 Å². The number of hydrogen-bond acceptors (Lipinski definition) is 1. The summed E-state index contributed by atoms with van der Waals surface area (Å²) in [6.07, 6.45) is 0.0745. The zero-order valence-electron chi connectivity index (χ0n) is 5.82. The van der Waals surface area contributed by atoms with Gasteiger partial charge >= 0.3 is 0 Å². The minimum Gasteiger partial charge on any atom is -0.305 e. The molecule has 0 aromatic rings. The predicted molar refractivity (Wildman–Crippen MR) is 34.7 cm³/mol. The van der Waals surface area contributed by atoms with Gasteiger partial charge in [-0.3, -0.25) is 0 Å². The lowest BCUT2D eigenvalue weighted by Crippen LogP contribution is -1.74. The van der Waals surface area contributed by atoms with Gasteiger partial charge in [0, 0.05) is 6.16 Å². The van der Waals surface area contributed by atoms with Crippen LogP contribution in [0.1, 0.15) is 9.67 Å². The van der Waals surface area contributed by atoms with Crippen LogP contribution in [-0.4, -0.2) is 11.7 Å². The van der Waals surface area contributed by atoms with E-state index < -0.39 is 12.1 Å². The lowest BCUT2D eigenvalue weighted by molar-refractivity contribution is 0.587. The van der Waals surface area contributed by atoms with Gasteiger partial charge in [-0.2, -0.15) is 0 Å². The van der Waals surface area contributed by atoms with Crippen LogP contribution in [0.3, 0.4) is 0 Å². The van der Waals surface area contributed by atoms with Crippen LogP contribution in [0.4, 0.5) is 0 Å². The van der Waals surface area contributed by atoms with Crippen molar-refractivity contribution in [3.8, 4) is 0 Å². The van der Waals surface area contributed by atoms with Gasteiger partial charge in [-0.15, -0.1) is 11.6 Å². The van der Waals surface area contributed by atoms with Gasteiger partial charge in [0.1, 0.15) is 0 Å². The van der Waals surface area contributed by atoms with E-state index in [2.05, 4.69) is 0 Å². The molecule has 0 bridgehead atoms. The Morgan fingerprint density at radius 1 is 2.00 bits per heavy atom. The second kappa shape index (κ2) is 2.96. The van der Waals surface area contributed by atoms with Crippen LogP contribution in [0.2, 0.25) is 0 Å². The van der Waals surface area contributed by atoms with Crippen LogP contribution in [-0.2, 0) is 4.57 Å². The molecule has 0 aliphatic carbocycles. The topological polar surface area (TPSA) is 17.1 Å². The molecular weight excluding hydrogens is 154 g/mol. The highest BCUT2D eigenvalue weighted by atomic mass is 35.7. The Morgan fingerprint density at radius 2 is 2.43 bits per heavy atom. The van der Waals surface area contributed by atoms with E-state index in [-0.39, 0.29) is 6.16 Å². The molecule has 0 aliphatic rings. The van der Waals surface area contributed by atoms with Crippen LogP contribution >= 0.6 is 29.3 Å². The van der Waals surface area contributed by atoms with Crippen molar-refractivity contribution in [3.05, 3.63) is 0 Å². The first-order chi connectivity index (χ1) is 3.81. The third-order valence-corrected chi connectivity index (χ3v) is 3.65. The predicted octanol–water partition coefficient (Wildman–Crippen LogP) is 2.72. The third kappa shape index (κ3) is 3.40. The summed E-state index contributed by atoms with van der Waals surface area (Å²) in [5, 5.41) is 0. The van der Waals surface area contributed by atoms with Gasteiger partial charge in [-0.05, 0) is 0 Å². The lowest BCUT2D eigenvalue weighted by atomic mass is 11.0. The molecule has 0 aromatic carbocycles. The average molecular weight is 163 g/mol. The second-order valence-electron chi connectivity index (χ2n) is 1.05. The molecule has 4 heteroatoms. The van der Waals surface area contributed by atoms with Crippen molar-refractivity contribution < 1.29 is 7.31 Å². The monoisotopic (exact) mass is 162 g/mol. The van der Waals surface area contributed by atoms with Crippen molar-refractivity contribution in [3.63, 3.8) is 0 Å². The lowest BCUT2D eigenvalue weighted by Gasteiger charge is -1.97. The third-order valence-electron chi connectivity index (χ3n) is 0.533. The van der Waals surface area contributed by atoms with E-state index in [0.717, 1.165) is 0 Å². The Hall–Kier alpha value is 0.810. The first-order valence-corrected chi connectivity index (χ1v) is 4.96. The van der Waals surface area contributed by atoms with E-state index in [0.29, 0.717) is 0 Å². The Balaban J connectivity index is 4.35.